The number of aliphatic hydroxyl groups is 2. The van der Waals surface area contributed by atoms with Crippen molar-refractivity contribution in [3.8, 4) is 29.6 Å². The van der Waals surface area contributed by atoms with E-state index in [2.05, 4.69) is 5.92 Å². The maximum absolute atomic E-state index is 12.0. The molecule has 6 heteroatoms. The Kier molecular flexibility index (Phi) is 8.30. The number of ketones is 1. The standard InChI is InChI=1S/C24H22O6/c1-3-12-30-23-11-7-18(14-24(23)29-2)5-9-21(27)15-20(26)8-4-17-6-10-22(28)19(13-17)16-25/h1,4-11,13-15,25-26,28H,12,16H2,2H3/b8-4+,9-5+,20-15?. The molecule has 2 aromatic rings. The lowest BCUT2D eigenvalue weighted by molar-refractivity contribution is -0.110. The van der Waals surface area contributed by atoms with Gasteiger partial charge in [-0.2, -0.15) is 0 Å². The summed E-state index contributed by atoms with van der Waals surface area (Å²) in [6, 6.07) is 9.76. The van der Waals surface area contributed by atoms with Crippen molar-refractivity contribution in [1.82, 2.24) is 0 Å². The molecule has 154 valence electrons. The average molecular weight is 406 g/mol. The minimum absolute atomic E-state index is 0.0120. The van der Waals surface area contributed by atoms with Crippen LogP contribution in [0.2, 0.25) is 0 Å². The molecule has 6 nitrogen and oxygen atoms in total. The first-order chi connectivity index (χ1) is 14.5. The van der Waals surface area contributed by atoms with Crippen LogP contribution in [0.25, 0.3) is 12.2 Å². The van der Waals surface area contributed by atoms with Crippen molar-refractivity contribution in [2.75, 3.05) is 13.7 Å². The van der Waals surface area contributed by atoms with Crippen molar-refractivity contribution < 1.29 is 29.6 Å². The van der Waals surface area contributed by atoms with E-state index in [-0.39, 0.29) is 24.7 Å². The summed E-state index contributed by atoms with van der Waals surface area (Å²) in [7, 11) is 1.50. The minimum atomic E-state index is -0.412. The first-order valence-corrected chi connectivity index (χ1v) is 8.94. The van der Waals surface area contributed by atoms with E-state index >= 15 is 0 Å². The Hall–Kier alpha value is -3.95. The third kappa shape index (κ3) is 6.59. The number of hydrogen-bond acceptors (Lipinski definition) is 6. The van der Waals surface area contributed by atoms with E-state index in [4.69, 9.17) is 21.0 Å². The number of terminal acetylenes is 1. The van der Waals surface area contributed by atoms with Gasteiger partial charge in [0.1, 0.15) is 18.1 Å². The molecule has 0 saturated carbocycles. The number of carbonyl (C=O) groups excluding carboxylic acids is 1. The number of allylic oxidation sites excluding steroid dienone is 3. The van der Waals surface area contributed by atoms with Crippen LogP contribution in [0.1, 0.15) is 16.7 Å². The van der Waals surface area contributed by atoms with Crippen LogP contribution < -0.4 is 9.47 Å². The summed E-state index contributed by atoms with van der Waals surface area (Å²) in [5, 5.41) is 28.6. The Morgan fingerprint density at radius 3 is 2.50 bits per heavy atom. The van der Waals surface area contributed by atoms with Gasteiger partial charge >= 0.3 is 0 Å². The number of carbonyl (C=O) groups is 1. The Balaban J connectivity index is 2.05. The summed E-state index contributed by atoms with van der Waals surface area (Å²) >= 11 is 0. The second-order valence-electron chi connectivity index (χ2n) is 6.09. The van der Waals surface area contributed by atoms with Crippen molar-refractivity contribution in [3.05, 3.63) is 77.1 Å². The molecule has 0 aliphatic rings. The Labute approximate surface area is 175 Å². The van der Waals surface area contributed by atoms with Gasteiger partial charge in [0.15, 0.2) is 17.3 Å². The molecule has 0 amide bonds. The molecule has 0 aliphatic heterocycles. The van der Waals surface area contributed by atoms with Gasteiger partial charge in [0.25, 0.3) is 0 Å². The Morgan fingerprint density at radius 2 is 1.80 bits per heavy atom. The molecule has 0 heterocycles. The van der Waals surface area contributed by atoms with E-state index in [0.717, 1.165) is 6.08 Å². The number of aromatic hydroxyl groups is 1. The van der Waals surface area contributed by atoms with Gasteiger partial charge in [0.05, 0.1) is 13.7 Å². The minimum Gasteiger partial charge on any atom is -0.508 e. The zero-order valence-electron chi connectivity index (χ0n) is 16.4. The van der Waals surface area contributed by atoms with Crippen molar-refractivity contribution >= 4 is 17.9 Å². The highest BCUT2D eigenvalue weighted by Crippen LogP contribution is 2.28. The average Bonchev–Trinajstić information content (AvgIpc) is 2.75. The van der Waals surface area contributed by atoms with Crippen LogP contribution in [-0.2, 0) is 11.4 Å². The zero-order chi connectivity index (χ0) is 21.9. The topological polar surface area (TPSA) is 96.2 Å². The number of benzene rings is 2. The predicted octanol–water partition coefficient (Wildman–Crippen LogP) is 3.64. The molecule has 0 aliphatic carbocycles. The molecule has 0 radical (unpaired) electrons. The van der Waals surface area contributed by atoms with Gasteiger partial charge in [0.2, 0.25) is 0 Å². The second kappa shape index (κ2) is 11.1. The van der Waals surface area contributed by atoms with Crippen molar-refractivity contribution in [3.63, 3.8) is 0 Å². The lowest BCUT2D eigenvalue weighted by atomic mass is 10.1. The van der Waals surface area contributed by atoms with Gasteiger partial charge in [-0.05, 0) is 47.5 Å². The molecule has 0 bridgehead atoms. The highest BCUT2D eigenvalue weighted by atomic mass is 16.5. The number of phenols is 1. The molecule has 30 heavy (non-hydrogen) atoms. The fourth-order valence-electron chi connectivity index (χ4n) is 2.46. The van der Waals surface area contributed by atoms with E-state index in [0.29, 0.717) is 28.2 Å². The molecular weight excluding hydrogens is 384 g/mol. The van der Waals surface area contributed by atoms with Crippen LogP contribution in [0.4, 0.5) is 0 Å². The molecule has 0 atom stereocenters. The molecule has 3 N–H and O–H groups in total. The maximum atomic E-state index is 12.0. The first-order valence-electron chi connectivity index (χ1n) is 8.94. The Morgan fingerprint density at radius 1 is 1.10 bits per heavy atom. The van der Waals surface area contributed by atoms with E-state index in [1.165, 1.54) is 25.3 Å². The monoisotopic (exact) mass is 406 g/mol. The van der Waals surface area contributed by atoms with Crippen LogP contribution in [-0.4, -0.2) is 34.8 Å². The highest BCUT2D eigenvalue weighted by Gasteiger charge is 2.04. The molecule has 0 fully saturated rings. The van der Waals surface area contributed by atoms with Crippen molar-refractivity contribution in [1.29, 1.82) is 0 Å². The fraction of sp³-hybridized carbons (Fsp3) is 0.125. The fourth-order valence-corrected chi connectivity index (χ4v) is 2.46. The zero-order valence-corrected chi connectivity index (χ0v) is 16.4. The van der Waals surface area contributed by atoms with E-state index in [1.807, 2.05) is 0 Å². The maximum Gasteiger partial charge on any atom is 0.182 e. The lowest BCUT2D eigenvalue weighted by Crippen LogP contribution is -1.96. The highest BCUT2D eigenvalue weighted by molar-refractivity contribution is 6.02. The summed E-state index contributed by atoms with van der Waals surface area (Å²) < 4.78 is 10.6. The van der Waals surface area contributed by atoms with E-state index in [1.54, 1.807) is 42.5 Å². The lowest BCUT2D eigenvalue weighted by Gasteiger charge is -2.09. The quantitative estimate of drug-likeness (QED) is 0.255. The predicted molar refractivity (Wildman–Crippen MR) is 115 cm³/mol. The van der Waals surface area contributed by atoms with Crippen LogP contribution in [0.5, 0.6) is 17.2 Å². The SMILES string of the molecule is C#CCOc1ccc(/C=C/C(=O)C=C(O)/C=C/c2ccc(O)c(CO)c2)cc1OC. The van der Waals surface area contributed by atoms with Crippen LogP contribution in [0.15, 0.2) is 60.4 Å². The molecule has 0 unspecified atom stereocenters. The summed E-state index contributed by atoms with van der Waals surface area (Å²) in [6.45, 7) is -0.187. The van der Waals surface area contributed by atoms with Gasteiger partial charge < -0.3 is 24.8 Å². The first kappa shape index (κ1) is 22.3. The van der Waals surface area contributed by atoms with Crippen LogP contribution >= 0.6 is 0 Å². The number of aliphatic hydroxyl groups excluding tert-OH is 2. The molecule has 0 aromatic heterocycles. The Bertz CT molecular complexity index is 1020. The smallest absolute Gasteiger partial charge is 0.182 e. The molecule has 0 spiro atoms. The third-order valence-corrected chi connectivity index (χ3v) is 3.95. The van der Waals surface area contributed by atoms with Gasteiger partial charge in [-0.25, -0.2) is 0 Å². The van der Waals surface area contributed by atoms with Gasteiger partial charge in [0, 0.05) is 11.6 Å². The summed E-state index contributed by atoms with van der Waals surface area (Å²) in [5.41, 5.74) is 1.72. The third-order valence-electron chi connectivity index (χ3n) is 3.95. The molecule has 2 aromatic carbocycles. The number of rotatable bonds is 9. The molecule has 0 saturated heterocycles. The van der Waals surface area contributed by atoms with Gasteiger partial charge in [-0.1, -0.05) is 30.2 Å². The van der Waals surface area contributed by atoms with Crippen molar-refractivity contribution in [2.24, 2.45) is 0 Å². The number of ether oxygens (including phenoxy) is 2. The number of methoxy groups -OCH3 is 1. The van der Waals surface area contributed by atoms with Crippen LogP contribution in [0.3, 0.4) is 0 Å². The normalized spacial score (nSPS) is 11.6. The largest absolute Gasteiger partial charge is 0.508 e. The summed E-state index contributed by atoms with van der Waals surface area (Å²) in [6.07, 6.45) is 12.0. The van der Waals surface area contributed by atoms with Gasteiger partial charge in [-0.15, -0.1) is 6.42 Å². The van der Waals surface area contributed by atoms with Gasteiger partial charge in [-0.3, -0.25) is 4.79 Å². The number of hydrogen-bond donors (Lipinski definition) is 3. The van der Waals surface area contributed by atoms with E-state index in [9.17, 15) is 15.0 Å². The van der Waals surface area contributed by atoms with E-state index < -0.39 is 5.78 Å². The molecular formula is C24H22O6. The van der Waals surface area contributed by atoms with Crippen LogP contribution in [0, 0.1) is 12.3 Å². The summed E-state index contributed by atoms with van der Waals surface area (Å²) in [4.78, 5) is 12.0. The second-order valence-corrected chi connectivity index (χ2v) is 6.09. The van der Waals surface area contributed by atoms with Crippen molar-refractivity contribution in [2.45, 2.75) is 6.61 Å². The molecule has 2 rings (SSSR count). The summed E-state index contributed by atoms with van der Waals surface area (Å²) in [5.74, 6) is 2.70.